The number of hydrogen-bond acceptors (Lipinski definition) is 6. The Hall–Kier alpha value is -3.75. The first-order valence-electron chi connectivity index (χ1n) is 11.0. The summed E-state index contributed by atoms with van der Waals surface area (Å²) in [5.74, 6) is 0.719. The predicted octanol–water partition coefficient (Wildman–Crippen LogP) is 3.80. The second kappa shape index (κ2) is 9.40. The maximum absolute atomic E-state index is 13.3. The molecule has 3 heterocycles. The molecule has 1 aliphatic heterocycles. The number of aromatic nitrogens is 4. The average Bonchev–Trinajstić information content (AvgIpc) is 3.49. The molecule has 4 rings (SSSR count). The van der Waals surface area contributed by atoms with Gasteiger partial charge in [0.05, 0.1) is 30.1 Å². The van der Waals surface area contributed by atoms with E-state index in [4.69, 9.17) is 4.74 Å². The minimum atomic E-state index is -0.316. The number of aryl methyl sites for hydroxylation is 1. The van der Waals surface area contributed by atoms with Gasteiger partial charge in [0.25, 0.3) is 11.8 Å². The van der Waals surface area contributed by atoms with Crippen LogP contribution in [-0.2, 0) is 0 Å². The summed E-state index contributed by atoms with van der Waals surface area (Å²) in [7, 11) is 1.55. The lowest BCUT2D eigenvalue weighted by atomic mass is 10.1. The molecule has 0 aliphatic carbocycles. The monoisotopic (exact) mass is 448 g/mol. The number of methoxy groups -OCH3 is 1. The van der Waals surface area contributed by atoms with Crippen LogP contribution in [0.15, 0.2) is 42.7 Å². The van der Waals surface area contributed by atoms with Crippen molar-refractivity contribution in [3.8, 4) is 5.75 Å². The van der Waals surface area contributed by atoms with E-state index in [1.54, 1.807) is 48.0 Å². The van der Waals surface area contributed by atoms with Crippen LogP contribution in [0.4, 0.5) is 5.69 Å². The van der Waals surface area contributed by atoms with Gasteiger partial charge in [0, 0.05) is 25.0 Å². The van der Waals surface area contributed by atoms with Gasteiger partial charge in [-0.2, -0.15) is 5.10 Å². The summed E-state index contributed by atoms with van der Waals surface area (Å²) in [6, 6.07) is 8.79. The van der Waals surface area contributed by atoms with Crippen LogP contribution < -0.4 is 10.1 Å². The van der Waals surface area contributed by atoms with Gasteiger partial charge in [0.15, 0.2) is 5.82 Å². The Morgan fingerprint density at radius 2 is 2.00 bits per heavy atom. The second-order valence-corrected chi connectivity index (χ2v) is 8.29. The highest BCUT2D eigenvalue weighted by atomic mass is 16.5. The molecular formula is C24H28N6O3. The van der Waals surface area contributed by atoms with Gasteiger partial charge in [0.2, 0.25) is 0 Å². The lowest BCUT2D eigenvalue weighted by molar-refractivity contribution is 0.0714. The Bertz CT molecular complexity index is 1170. The van der Waals surface area contributed by atoms with E-state index in [1.807, 2.05) is 26.0 Å². The minimum Gasteiger partial charge on any atom is -0.495 e. The Morgan fingerprint density at radius 1 is 1.21 bits per heavy atom. The molecular weight excluding hydrogens is 420 g/mol. The molecule has 1 aromatic carbocycles. The summed E-state index contributed by atoms with van der Waals surface area (Å²) in [5.41, 5.74) is 2.06. The number of anilines is 1. The van der Waals surface area contributed by atoms with Crippen LogP contribution in [0.1, 0.15) is 71.1 Å². The van der Waals surface area contributed by atoms with Crippen LogP contribution in [-0.4, -0.2) is 50.1 Å². The number of carbonyl (C=O) groups excluding carboxylic acids is 2. The lowest BCUT2D eigenvalue weighted by Crippen LogP contribution is -2.33. The van der Waals surface area contributed by atoms with Crippen LogP contribution in [0.5, 0.6) is 5.75 Å². The number of amides is 2. The van der Waals surface area contributed by atoms with Crippen molar-refractivity contribution >= 4 is 17.5 Å². The summed E-state index contributed by atoms with van der Waals surface area (Å²) in [5, 5.41) is 7.13. The molecule has 1 aliphatic rings. The molecule has 172 valence electrons. The second-order valence-electron chi connectivity index (χ2n) is 8.29. The predicted molar refractivity (Wildman–Crippen MR) is 123 cm³/mol. The number of nitrogens with zero attached hydrogens (tertiary/aromatic N) is 5. The molecule has 2 aromatic heterocycles. The Morgan fingerprint density at radius 3 is 2.73 bits per heavy atom. The number of likely N-dealkylation sites (tertiary alicyclic amines) is 1. The van der Waals surface area contributed by atoms with E-state index >= 15 is 0 Å². The first-order chi connectivity index (χ1) is 15.9. The molecule has 1 fully saturated rings. The van der Waals surface area contributed by atoms with Gasteiger partial charge in [-0.05, 0) is 51.8 Å². The topological polar surface area (TPSA) is 102 Å². The van der Waals surface area contributed by atoms with Gasteiger partial charge in [-0.1, -0.05) is 12.1 Å². The Labute approximate surface area is 192 Å². The van der Waals surface area contributed by atoms with Gasteiger partial charge >= 0.3 is 0 Å². The smallest absolute Gasteiger partial charge is 0.272 e. The first-order valence-corrected chi connectivity index (χ1v) is 11.0. The highest BCUT2D eigenvalue weighted by Crippen LogP contribution is 2.32. The van der Waals surface area contributed by atoms with Gasteiger partial charge in [-0.25, -0.2) is 9.97 Å². The Kier molecular flexibility index (Phi) is 6.39. The normalized spacial score (nSPS) is 15.7. The molecule has 9 heteroatoms. The highest BCUT2D eigenvalue weighted by molar-refractivity contribution is 6.05. The molecule has 0 radical (unpaired) electrons. The van der Waals surface area contributed by atoms with E-state index in [9.17, 15) is 9.59 Å². The van der Waals surface area contributed by atoms with Crippen molar-refractivity contribution in [2.24, 2.45) is 0 Å². The summed E-state index contributed by atoms with van der Waals surface area (Å²) in [4.78, 5) is 37.0. The van der Waals surface area contributed by atoms with E-state index in [2.05, 4.69) is 20.4 Å². The van der Waals surface area contributed by atoms with Crippen molar-refractivity contribution in [3.05, 3.63) is 65.5 Å². The number of benzene rings is 1. The van der Waals surface area contributed by atoms with Gasteiger partial charge in [-0.3, -0.25) is 14.3 Å². The van der Waals surface area contributed by atoms with Crippen LogP contribution in [0.3, 0.4) is 0 Å². The van der Waals surface area contributed by atoms with Gasteiger partial charge < -0.3 is 15.0 Å². The molecule has 0 saturated carbocycles. The Balaban J connectivity index is 1.55. The lowest BCUT2D eigenvalue weighted by Gasteiger charge is -2.24. The molecule has 0 bridgehead atoms. The fourth-order valence-corrected chi connectivity index (χ4v) is 4.13. The molecule has 1 N–H and O–H groups in total. The zero-order valence-corrected chi connectivity index (χ0v) is 19.3. The largest absolute Gasteiger partial charge is 0.495 e. The van der Waals surface area contributed by atoms with Crippen LogP contribution in [0.2, 0.25) is 0 Å². The molecule has 1 atom stereocenters. The third-order valence-corrected chi connectivity index (χ3v) is 5.79. The van der Waals surface area contributed by atoms with Crippen molar-refractivity contribution in [1.29, 1.82) is 0 Å². The van der Waals surface area contributed by atoms with Crippen molar-refractivity contribution < 1.29 is 14.3 Å². The summed E-state index contributed by atoms with van der Waals surface area (Å²) < 4.78 is 7.03. The van der Waals surface area contributed by atoms with E-state index in [0.717, 1.165) is 12.8 Å². The molecule has 3 aromatic rings. The van der Waals surface area contributed by atoms with E-state index in [-0.39, 0.29) is 23.9 Å². The number of hydrogen-bond donors (Lipinski definition) is 1. The molecule has 1 saturated heterocycles. The maximum atomic E-state index is 13.3. The van der Waals surface area contributed by atoms with E-state index in [1.165, 1.54) is 6.20 Å². The standard InChI is InChI=1S/C24H28N6O3/c1-15(2)30-20(11-12-26-30)24(32)29-13-7-9-19(29)22-25-14-17(16(3)27-22)23(31)28-18-8-5-6-10-21(18)33-4/h5-6,8,10-12,14-15,19H,7,9,13H2,1-4H3,(H,28,31)/t19-/m1/s1. The zero-order valence-electron chi connectivity index (χ0n) is 19.3. The summed E-state index contributed by atoms with van der Waals surface area (Å²) in [6.45, 7) is 6.39. The molecule has 0 unspecified atom stereocenters. The fourth-order valence-electron chi connectivity index (χ4n) is 4.13. The quantitative estimate of drug-likeness (QED) is 0.615. The van der Waals surface area contributed by atoms with Gasteiger partial charge in [-0.15, -0.1) is 0 Å². The number of para-hydroxylation sites is 2. The highest BCUT2D eigenvalue weighted by Gasteiger charge is 2.34. The van der Waals surface area contributed by atoms with E-state index < -0.39 is 0 Å². The van der Waals surface area contributed by atoms with E-state index in [0.29, 0.717) is 40.8 Å². The molecule has 2 amide bonds. The fraction of sp³-hybridized carbons (Fsp3) is 0.375. The number of rotatable bonds is 6. The van der Waals surface area contributed by atoms with Crippen LogP contribution in [0.25, 0.3) is 0 Å². The number of carbonyl (C=O) groups is 2. The molecule has 9 nitrogen and oxygen atoms in total. The third kappa shape index (κ3) is 4.44. The first kappa shape index (κ1) is 22.4. The van der Waals surface area contributed by atoms with Crippen LogP contribution in [0, 0.1) is 6.92 Å². The third-order valence-electron chi connectivity index (χ3n) is 5.79. The van der Waals surface area contributed by atoms with Crippen LogP contribution >= 0.6 is 0 Å². The van der Waals surface area contributed by atoms with Crippen molar-refractivity contribution in [2.45, 2.75) is 45.7 Å². The number of nitrogens with one attached hydrogen (secondary N) is 1. The summed E-state index contributed by atoms with van der Waals surface area (Å²) in [6.07, 6.45) is 4.81. The number of ether oxygens (including phenoxy) is 1. The molecule has 33 heavy (non-hydrogen) atoms. The summed E-state index contributed by atoms with van der Waals surface area (Å²) >= 11 is 0. The average molecular weight is 449 g/mol. The minimum absolute atomic E-state index is 0.0806. The molecule has 0 spiro atoms. The van der Waals surface area contributed by atoms with Crippen molar-refractivity contribution in [1.82, 2.24) is 24.6 Å². The maximum Gasteiger partial charge on any atom is 0.272 e. The van der Waals surface area contributed by atoms with Crippen molar-refractivity contribution in [2.75, 3.05) is 19.0 Å². The SMILES string of the molecule is COc1ccccc1NC(=O)c1cnc([C@H]2CCCN2C(=O)c2ccnn2C(C)C)nc1C. The zero-order chi connectivity index (χ0) is 23.5. The van der Waals surface area contributed by atoms with Crippen molar-refractivity contribution in [3.63, 3.8) is 0 Å². The van der Waals surface area contributed by atoms with Gasteiger partial charge in [0.1, 0.15) is 11.4 Å².